The Morgan fingerprint density at radius 2 is 1.97 bits per heavy atom. The van der Waals surface area contributed by atoms with Crippen LogP contribution in [0.2, 0.25) is 0 Å². The van der Waals surface area contributed by atoms with E-state index in [0.29, 0.717) is 36.3 Å². The number of nitrogens with zero attached hydrogens (tertiary/aromatic N) is 2. The van der Waals surface area contributed by atoms with E-state index < -0.39 is 5.92 Å². The first kappa shape index (κ1) is 19.9. The van der Waals surface area contributed by atoms with Gasteiger partial charge in [0.25, 0.3) is 5.56 Å². The Balaban J connectivity index is 2.06. The molecule has 29 heavy (non-hydrogen) atoms. The Bertz CT molecular complexity index is 1130. The fourth-order valence-corrected chi connectivity index (χ4v) is 5.37. The van der Waals surface area contributed by atoms with Gasteiger partial charge in [-0.2, -0.15) is 0 Å². The molecule has 1 unspecified atom stereocenters. The van der Waals surface area contributed by atoms with Crippen molar-refractivity contribution in [1.29, 1.82) is 0 Å². The van der Waals surface area contributed by atoms with E-state index in [1.807, 2.05) is 31.4 Å². The normalized spacial score (nSPS) is 20.5. The maximum atomic E-state index is 13.3. The predicted molar refractivity (Wildman–Crippen MR) is 116 cm³/mol. The van der Waals surface area contributed by atoms with Crippen LogP contribution in [0, 0.1) is 11.3 Å². The first-order chi connectivity index (χ1) is 13.6. The topological polar surface area (TPSA) is 73.1 Å². The average Bonchev–Trinajstić information content (AvgIpc) is 3.15. The van der Waals surface area contributed by atoms with Crippen LogP contribution < -0.4 is 16.6 Å². The molecule has 0 fully saturated rings. The maximum Gasteiger partial charge on any atom is 0.332 e. The fraction of sp³-hybridized carbons (Fsp3) is 0.500. The summed E-state index contributed by atoms with van der Waals surface area (Å²) in [6.07, 6.45) is 1.16. The van der Waals surface area contributed by atoms with Crippen LogP contribution in [0.15, 0.2) is 38.4 Å². The van der Waals surface area contributed by atoms with E-state index >= 15 is 0 Å². The number of thiophene rings is 1. The first-order valence-corrected chi connectivity index (χ1v) is 10.9. The summed E-state index contributed by atoms with van der Waals surface area (Å²) in [4.78, 5) is 40.4. The van der Waals surface area contributed by atoms with Crippen molar-refractivity contribution in [2.24, 2.45) is 18.4 Å². The van der Waals surface area contributed by atoms with Crippen LogP contribution in [0.5, 0.6) is 0 Å². The van der Waals surface area contributed by atoms with Crippen LogP contribution in [0.25, 0.3) is 0 Å². The zero-order chi connectivity index (χ0) is 21.1. The van der Waals surface area contributed by atoms with E-state index in [1.165, 1.54) is 23.0 Å². The average molecular weight is 414 g/mol. The molecule has 0 aromatic carbocycles. The monoisotopic (exact) mass is 413 g/mol. The van der Waals surface area contributed by atoms with Crippen molar-refractivity contribution in [2.45, 2.75) is 53.0 Å². The molecular formula is C22H27N3O3S. The molecule has 7 heteroatoms. The highest BCUT2D eigenvalue weighted by atomic mass is 32.1. The summed E-state index contributed by atoms with van der Waals surface area (Å²) in [6.45, 7) is 8.75. The molecule has 0 radical (unpaired) electrons. The lowest BCUT2D eigenvalue weighted by Crippen LogP contribution is -2.46. The number of fused-ring (bicyclic) bond motifs is 1. The van der Waals surface area contributed by atoms with E-state index in [4.69, 9.17) is 0 Å². The summed E-state index contributed by atoms with van der Waals surface area (Å²) in [6, 6.07) is 3.91. The van der Waals surface area contributed by atoms with Crippen LogP contribution in [-0.2, 0) is 18.4 Å². The van der Waals surface area contributed by atoms with Crippen LogP contribution in [0.4, 0.5) is 5.82 Å². The zero-order valence-electron chi connectivity index (χ0n) is 17.5. The van der Waals surface area contributed by atoms with Crippen molar-refractivity contribution in [2.75, 3.05) is 5.32 Å². The zero-order valence-corrected chi connectivity index (χ0v) is 18.4. The lowest BCUT2D eigenvalue weighted by Gasteiger charge is -2.39. The Kier molecular flexibility index (Phi) is 4.69. The molecule has 0 amide bonds. The second-order valence-corrected chi connectivity index (χ2v) is 10.3. The molecule has 2 aliphatic rings. The number of hydrogen-bond acceptors (Lipinski definition) is 5. The van der Waals surface area contributed by atoms with Crippen molar-refractivity contribution < 1.29 is 4.79 Å². The number of allylic oxidation sites excluding steroid dienone is 2. The molecule has 2 aromatic heterocycles. The van der Waals surface area contributed by atoms with Gasteiger partial charge in [0, 0.05) is 36.2 Å². The van der Waals surface area contributed by atoms with Gasteiger partial charge in [-0.1, -0.05) is 33.8 Å². The third-order valence-electron chi connectivity index (χ3n) is 5.72. The van der Waals surface area contributed by atoms with E-state index in [0.717, 1.165) is 10.6 Å². The Labute approximate surface area is 173 Å². The lowest BCUT2D eigenvalue weighted by molar-refractivity contribution is -0.118. The molecule has 3 heterocycles. The van der Waals surface area contributed by atoms with E-state index in [1.54, 1.807) is 4.57 Å². The van der Waals surface area contributed by atoms with Crippen LogP contribution in [0.1, 0.15) is 56.9 Å². The molecule has 1 aliphatic carbocycles. The van der Waals surface area contributed by atoms with Crippen LogP contribution in [0.3, 0.4) is 0 Å². The Morgan fingerprint density at radius 3 is 2.59 bits per heavy atom. The summed E-state index contributed by atoms with van der Waals surface area (Å²) >= 11 is 1.54. The number of nitrogens with one attached hydrogen (secondary N) is 1. The van der Waals surface area contributed by atoms with E-state index in [2.05, 4.69) is 19.2 Å². The van der Waals surface area contributed by atoms with Gasteiger partial charge in [-0.05, 0) is 29.2 Å². The van der Waals surface area contributed by atoms with Crippen molar-refractivity contribution >= 4 is 22.9 Å². The molecule has 1 N–H and O–H groups in total. The minimum Gasteiger partial charge on any atom is -0.344 e. The van der Waals surface area contributed by atoms with Crippen molar-refractivity contribution in [3.63, 3.8) is 0 Å². The highest BCUT2D eigenvalue weighted by Gasteiger charge is 2.43. The van der Waals surface area contributed by atoms with Crippen molar-refractivity contribution in [1.82, 2.24) is 9.13 Å². The van der Waals surface area contributed by atoms with Crippen LogP contribution >= 0.6 is 11.3 Å². The predicted octanol–water partition coefficient (Wildman–Crippen LogP) is 3.47. The fourth-order valence-electron chi connectivity index (χ4n) is 4.53. The number of anilines is 1. The van der Waals surface area contributed by atoms with Gasteiger partial charge in [0.1, 0.15) is 5.82 Å². The summed E-state index contributed by atoms with van der Waals surface area (Å²) < 4.78 is 2.84. The third-order valence-corrected chi connectivity index (χ3v) is 6.66. The number of carbonyl (C=O) groups is 1. The Hall–Kier alpha value is -2.41. The largest absolute Gasteiger partial charge is 0.344 e. The molecule has 0 saturated carbocycles. The number of hydrogen-bond donors (Lipinski definition) is 1. The van der Waals surface area contributed by atoms with Gasteiger partial charge in [-0.15, -0.1) is 11.3 Å². The van der Waals surface area contributed by atoms with Gasteiger partial charge in [0.2, 0.25) is 0 Å². The highest BCUT2D eigenvalue weighted by molar-refractivity contribution is 7.10. The number of carbonyl (C=O) groups excluding carboxylic acids is 1. The summed E-state index contributed by atoms with van der Waals surface area (Å²) in [7, 11) is 1.52. The number of Topliss-reactive ketones (excluding diaryl/α,β-unsaturated/α-hetero) is 1. The first-order valence-electron chi connectivity index (χ1n) is 10.0. The minimum atomic E-state index is -0.428. The second-order valence-electron chi connectivity index (χ2n) is 9.32. The molecule has 1 aliphatic heterocycles. The minimum absolute atomic E-state index is 0.0801. The molecule has 0 bridgehead atoms. The molecular weight excluding hydrogens is 386 g/mol. The van der Waals surface area contributed by atoms with Gasteiger partial charge < -0.3 is 5.32 Å². The van der Waals surface area contributed by atoms with Gasteiger partial charge in [-0.3, -0.25) is 18.7 Å². The molecule has 0 spiro atoms. The molecule has 154 valence electrons. The molecule has 1 atom stereocenters. The van der Waals surface area contributed by atoms with E-state index in [9.17, 15) is 14.4 Å². The number of rotatable bonds is 3. The lowest BCUT2D eigenvalue weighted by atomic mass is 9.70. The van der Waals surface area contributed by atoms with Gasteiger partial charge in [-0.25, -0.2) is 4.79 Å². The summed E-state index contributed by atoms with van der Waals surface area (Å²) in [5.41, 5.74) is 1.21. The van der Waals surface area contributed by atoms with Gasteiger partial charge >= 0.3 is 5.69 Å². The van der Waals surface area contributed by atoms with Crippen molar-refractivity contribution in [3.05, 3.63) is 60.1 Å². The number of ketones is 1. The second kappa shape index (κ2) is 6.83. The maximum absolute atomic E-state index is 13.3. The Morgan fingerprint density at radius 1 is 1.24 bits per heavy atom. The SMILES string of the molecule is CC(C)Cn1c2c(c(=O)n(C)c1=O)C(c1cccs1)C1=C(CC(C)(C)CC1=O)N2. The van der Waals surface area contributed by atoms with Gasteiger partial charge in [0.15, 0.2) is 5.78 Å². The van der Waals surface area contributed by atoms with E-state index in [-0.39, 0.29) is 28.4 Å². The molecule has 6 nitrogen and oxygen atoms in total. The molecule has 4 rings (SSSR count). The summed E-state index contributed by atoms with van der Waals surface area (Å²) in [5.74, 6) is 0.435. The smallest absolute Gasteiger partial charge is 0.332 e. The quantitative estimate of drug-likeness (QED) is 0.836. The highest BCUT2D eigenvalue weighted by Crippen LogP contribution is 2.48. The van der Waals surface area contributed by atoms with Crippen LogP contribution in [-0.4, -0.2) is 14.9 Å². The molecule has 2 aromatic rings. The van der Waals surface area contributed by atoms with Gasteiger partial charge in [0.05, 0.1) is 11.5 Å². The standard InChI is InChI=1S/C22H27N3O3S/c1-12(2)11-25-19-18(20(27)24(5)21(25)28)17(15-7-6-8-29-15)16-13(23-19)9-22(3,4)10-14(16)26/h6-8,12,17,23H,9-11H2,1-5H3. The third kappa shape index (κ3) is 3.21. The van der Waals surface area contributed by atoms with Crippen molar-refractivity contribution in [3.8, 4) is 0 Å². The summed E-state index contributed by atoms with van der Waals surface area (Å²) in [5, 5.41) is 5.33. The molecule has 0 saturated heterocycles. The number of aromatic nitrogens is 2.